The molecule has 1 atom stereocenters. The van der Waals surface area contributed by atoms with Crippen LogP contribution in [0.15, 0.2) is 91.0 Å². The zero-order chi connectivity index (χ0) is 22.5. The van der Waals surface area contributed by atoms with Gasteiger partial charge in [-0.3, -0.25) is 4.57 Å². The summed E-state index contributed by atoms with van der Waals surface area (Å²) in [7, 11) is -4.09. The minimum absolute atomic E-state index is 0.0635. The monoisotopic (exact) mass is 450 g/mol. The van der Waals surface area contributed by atoms with E-state index in [1.54, 1.807) is 66.7 Å². The maximum atomic E-state index is 14.0. The molecule has 1 unspecified atom stereocenters. The minimum Gasteiger partial charge on any atom is -0.357 e. The molecule has 0 aliphatic rings. The Morgan fingerprint density at radius 1 is 0.774 bits per heavy atom. The lowest BCUT2D eigenvalue weighted by Crippen LogP contribution is -2.55. The van der Waals surface area contributed by atoms with Crippen molar-refractivity contribution in [3.63, 3.8) is 0 Å². The van der Waals surface area contributed by atoms with E-state index in [1.807, 2.05) is 0 Å². The summed E-state index contributed by atoms with van der Waals surface area (Å²) in [4.78, 5) is 0. The van der Waals surface area contributed by atoms with E-state index >= 15 is 0 Å². The number of alkyl halides is 3. The molecule has 0 saturated carbocycles. The van der Waals surface area contributed by atoms with Gasteiger partial charge < -0.3 is 14.7 Å². The van der Waals surface area contributed by atoms with Crippen molar-refractivity contribution in [2.75, 3.05) is 0 Å². The van der Waals surface area contributed by atoms with Crippen molar-refractivity contribution >= 4 is 18.0 Å². The molecule has 0 amide bonds. The number of aryl methyl sites for hydroxylation is 1. The van der Waals surface area contributed by atoms with Crippen molar-refractivity contribution in [2.24, 2.45) is 0 Å². The molecule has 4 nitrogen and oxygen atoms in total. The Hall–Kier alpha value is -2.44. The SMILES string of the molecule is O=P(OC(CCc1ccccc1)C(O)(O)C(F)(F)F)(c1ccccc1)c1ccccc1. The average molecular weight is 450 g/mol. The zero-order valence-electron chi connectivity index (χ0n) is 16.4. The molecule has 0 heterocycles. The predicted molar refractivity (Wildman–Crippen MR) is 113 cm³/mol. The summed E-state index contributed by atoms with van der Waals surface area (Å²) in [5.41, 5.74) is 0.684. The third kappa shape index (κ3) is 5.25. The second kappa shape index (κ2) is 9.37. The van der Waals surface area contributed by atoms with Crippen molar-refractivity contribution in [2.45, 2.75) is 30.9 Å². The van der Waals surface area contributed by atoms with Crippen LogP contribution >= 0.6 is 7.37 Å². The van der Waals surface area contributed by atoms with Gasteiger partial charge in [-0.05, 0) is 42.7 Å². The highest BCUT2D eigenvalue weighted by Gasteiger charge is 2.60. The Morgan fingerprint density at radius 3 is 1.61 bits per heavy atom. The van der Waals surface area contributed by atoms with Gasteiger partial charge in [0.25, 0.3) is 13.2 Å². The van der Waals surface area contributed by atoms with Crippen molar-refractivity contribution in [3.8, 4) is 0 Å². The van der Waals surface area contributed by atoms with Crippen LogP contribution in [0.25, 0.3) is 0 Å². The predicted octanol–water partition coefficient (Wildman–Crippen LogP) is 4.18. The number of hydrogen-bond donors (Lipinski definition) is 2. The maximum absolute atomic E-state index is 14.0. The van der Waals surface area contributed by atoms with Crippen molar-refractivity contribution in [1.29, 1.82) is 0 Å². The van der Waals surface area contributed by atoms with Crippen molar-refractivity contribution in [1.82, 2.24) is 0 Å². The van der Waals surface area contributed by atoms with Crippen LogP contribution in [0.3, 0.4) is 0 Å². The number of benzene rings is 3. The molecule has 0 fully saturated rings. The van der Waals surface area contributed by atoms with Gasteiger partial charge in [0.1, 0.15) is 6.10 Å². The summed E-state index contributed by atoms with van der Waals surface area (Å²) in [6, 6.07) is 24.2. The maximum Gasteiger partial charge on any atom is 0.445 e. The van der Waals surface area contributed by atoms with Gasteiger partial charge >= 0.3 is 6.18 Å². The number of rotatable bonds is 8. The second-order valence-electron chi connectivity index (χ2n) is 7.06. The molecular weight excluding hydrogens is 428 g/mol. The van der Waals surface area contributed by atoms with Crippen LogP contribution in [0.2, 0.25) is 0 Å². The lowest BCUT2D eigenvalue weighted by Gasteiger charge is -2.35. The van der Waals surface area contributed by atoms with Crippen molar-refractivity contribution < 1.29 is 32.5 Å². The van der Waals surface area contributed by atoms with Crippen LogP contribution in [-0.2, 0) is 15.5 Å². The molecule has 0 aliphatic heterocycles. The zero-order valence-corrected chi connectivity index (χ0v) is 17.3. The van der Waals surface area contributed by atoms with Gasteiger partial charge in [0.2, 0.25) is 0 Å². The number of halogens is 3. The third-order valence-electron chi connectivity index (χ3n) is 4.87. The summed E-state index contributed by atoms with van der Waals surface area (Å²) < 4.78 is 60.1. The molecule has 0 radical (unpaired) electrons. The van der Waals surface area contributed by atoms with Gasteiger partial charge in [0.15, 0.2) is 0 Å². The fraction of sp³-hybridized carbons (Fsp3) is 0.217. The lowest BCUT2D eigenvalue weighted by atomic mass is 10.0. The highest BCUT2D eigenvalue weighted by molar-refractivity contribution is 7.74. The Morgan fingerprint density at radius 2 is 1.19 bits per heavy atom. The topological polar surface area (TPSA) is 66.8 Å². The van der Waals surface area contributed by atoms with E-state index < -0.39 is 31.9 Å². The molecule has 164 valence electrons. The fourth-order valence-electron chi connectivity index (χ4n) is 3.15. The highest BCUT2D eigenvalue weighted by Crippen LogP contribution is 2.49. The second-order valence-corrected chi connectivity index (χ2v) is 9.41. The van der Waals surface area contributed by atoms with Gasteiger partial charge in [-0.2, -0.15) is 13.2 Å². The Kier molecular flexibility index (Phi) is 7.02. The van der Waals surface area contributed by atoms with Gasteiger partial charge in [0.05, 0.1) is 0 Å². The number of hydrogen-bond acceptors (Lipinski definition) is 4. The molecule has 0 aromatic heterocycles. The first-order chi connectivity index (χ1) is 14.6. The van der Waals surface area contributed by atoms with E-state index in [-0.39, 0.29) is 17.0 Å². The van der Waals surface area contributed by atoms with Gasteiger partial charge in [0, 0.05) is 10.6 Å². The summed E-state index contributed by atoms with van der Waals surface area (Å²) in [5, 5.41) is 20.4. The van der Waals surface area contributed by atoms with E-state index in [2.05, 4.69) is 0 Å². The summed E-state index contributed by atoms with van der Waals surface area (Å²) in [5.74, 6) is -4.19. The van der Waals surface area contributed by atoms with E-state index in [4.69, 9.17) is 4.52 Å². The quantitative estimate of drug-likeness (QED) is 0.399. The molecule has 0 aliphatic carbocycles. The summed E-state index contributed by atoms with van der Waals surface area (Å²) in [6.07, 6.45) is -7.96. The highest BCUT2D eigenvalue weighted by atomic mass is 31.2. The van der Waals surface area contributed by atoms with Crippen LogP contribution in [-0.4, -0.2) is 28.3 Å². The minimum atomic E-state index is -5.41. The van der Waals surface area contributed by atoms with E-state index in [9.17, 15) is 27.9 Å². The summed E-state index contributed by atoms with van der Waals surface area (Å²) >= 11 is 0. The van der Waals surface area contributed by atoms with E-state index in [0.29, 0.717) is 5.56 Å². The number of aliphatic hydroxyl groups is 2. The van der Waals surface area contributed by atoms with Gasteiger partial charge in [-0.15, -0.1) is 0 Å². The van der Waals surface area contributed by atoms with E-state index in [1.165, 1.54) is 24.3 Å². The third-order valence-corrected chi connectivity index (χ3v) is 7.38. The van der Waals surface area contributed by atoms with Crippen LogP contribution < -0.4 is 10.6 Å². The van der Waals surface area contributed by atoms with Gasteiger partial charge in [-0.25, -0.2) is 0 Å². The van der Waals surface area contributed by atoms with Gasteiger partial charge in [-0.1, -0.05) is 66.7 Å². The Bertz CT molecular complexity index is 966. The molecule has 3 aromatic carbocycles. The molecule has 31 heavy (non-hydrogen) atoms. The molecule has 0 bridgehead atoms. The first kappa shape index (κ1) is 23.2. The molecular formula is C23H22F3O4P. The first-order valence-electron chi connectivity index (χ1n) is 9.59. The largest absolute Gasteiger partial charge is 0.445 e. The van der Waals surface area contributed by atoms with E-state index in [0.717, 1.165) is 0 Å². The lowest BCUT2D eigenvalue weighted by molar-refractivity contribution is -0.374. The van der Waals surface area contributed by atoms with Crippen LogP contribution in [0.5, 0.6) is 0 Å². The molecule has 2 N–H and O–H groups in total. The van der Waals surface area contributed by atoms with Crippen LogP contribution in [0.1, 0.15) is 12.0 Å². The molecule has 0 spiro atoms. The standard InChI is InChI=1S/C23H22F3O4P/c24-23(25,26)22(27,28)21(17-16-18-10-4-1-5-11-18)30-31(29,19-12-6-2-7-13-19)20-14-8-3-9-15-20/h1-15,21,27-28H,16-17H2. The Balaban J connectivity index is 2.03. The Labute approximate surface area is 178 Å². The summed E-state index contributed by atoms with van der Waals surface area (Å²) in [6.45, 7) is 0. The first-order valence-corrected chi connectivity index (χ1v) is 11.2. The molecule has 3 rings (SSSR count). The molecule has 3 aromatic rings. The van der Waals surface area contributed by atoms with Crippen LogP contribution in [0.4, 0.5) is 13.2 Å². The smallest absolute Gasteiger partial charge is 0.357 e. The normalized spacial score (nSPS) is 13.7. The van der Waals surface area contributed by atoms with Crippen molar-refractivity contribution in [3.05, 3.63) is 96.6 Å². The fourth-order valence-corrected chi connectivity index (χ4v) is 5.43. The molecule has 8 heteroatoms. The van der Waals surface area contributed by atoms with Crippen LogP contribution in [0, 0.1) is 0 Å². The average Bonchev–Trinajstić information content (AvgIpc) is 2.77. The molecule has 0 saturated heterocycles.